The lowest BCUT2D eigenvalue weighted by Gasteiger charge is -2.05. The molecule has 1 aromatic heterocycles. The molecule has 0 amide bonds. The molecule has 0 spiro atoms. The van der Waals surface area contributed by atoms with E-state index >= 15 is 0 Å². The van der Waals surface area contributed by atoms with Crippen LogP contribution in [0.4, 0.5) is 0 Å². The predicted octanol–water partition coefficient (Wildman–Crippen LogP) is 0.728. The molecule has 0 saturated heterocycles. The lowest BCUT2D eigenvalue weighted by atomic mass is 10.1. The van der Waals surface area contributed by atoms with Crippen molar-refractivity contribution in [3.05, 3.63) is 40.3 Å². The van der Waals surface area contributed by atoms with Crippen LogP contribution in [0, 0.1) is 12.3 Å². The van der Waals surface area contributed by atoms with Crippen LogP contribution < -0.4 is 5.56 Å². The van der Waals surface area contributed by atoms with Crippen molar-refractivity contribution in [3.8, 4) is 12.3 Å². The van der Waals surface area contributed by atoms with Crippen molar-refractivity contribution >= 4 is 16.7 Å². The molecule has 5 heteroatoms. The van der Waals surface area contributed by atoms with E-state index in [0.717, 1.165) is 4.68 Å². The Bertz CT molecular complexity index is 695. The zero-order valence-electron chi connectivity index (χ0n) is 8.75. The van der Waals surface area contributed by atoms with Crippen LogP contribution in [-0.2, 0) is 6.54 Å². The summed E-state index contributed by atoms with van der Waals surface area (Å²) in [5, 5.41) is 13.4. The highest BCUT2D eigenvalue weighted by atomic mass is 16.4. The number of carboxylic acid groups (broad SMARTS) is 1. The number of carbonyl (C=O) groups is 1. The summed E-state index contributed by atoms with van der Waals surface area (Å²) in [5.41, 5.74) is -0.556. The number of carboxylic acids is 1. The van der Waals surface area contributed by atoms with Gasteiger partial charge in [-0.3, -0.25) is 4.79 Å². The molecule has 0 fully saturated rings. The molecular weight excluding hydrogens is 220 g/mol. The van der Waals surface area contributed by atoms with E-state index in [9.17, 15) is 9.59 Å². The summed E-state index contributed by atoms with van der Waals surface area (Å²) in [4.78, 5) is 23.0. The Morgan fingerprint density at radius 1 is 1.41 bits per heavy atom. The highest BCUT2D eigenvalue weighted by Gasteiger charge is 2.14. The largest absolute Gasteiger partial charge is 0.476 e. The molecule has 0 saturated carbocycles. The van der Waals surface area contributed by atoms with Gasteiger partial charge in [-0.05, 0) is 6.07 Å². The first-order valence-corrected chi connectivity index (χ1v) is 4.81. The lowest BCUT2D eigenvalue weighted by molar-refractivity contribution is 0.0690. The van der Waals surface area contributed by atoms with Gasteiger partial charge in [0.05, 0.1) is 5.39 Å². The smallest absolute Gasteiger partial charge is 0.357 e. The molecule has 1 aromatic carbocycles. The molecule has 0 aliphatic heterocycles. The highest BCUT2D eigenvalue weighted by Crippen LogP contribution is 2.12. The molecule has 1 heterocycles. The van der Waals surface area contributed by atoms with E-state index in [-0.39, 0.29) is 17.8 Å². The molecule has 0 aliphatic carbocycles. The average molecular weight is 228 g/mol. The third-order valence-electron chi connectivity index (χ3n) is 2.31. The zero-order valence-corrected chi connectivity index (χ0v) is 8.75. The molecule has 0 radical (unpaired) electrons. The fourth-order valence-corrected chi connectivity index (χ4v) is 1.59. The van der Waals surface area contributed by atoms with E-state index in [0.29, 0.717) is 10.8 Å². The second-order valence-electron chi connectivity index (χ2n) is 3.37. The Kier molecular flexibility index (Phi) is 2.63. The van der Waals surface area contributed by atoms with Gasteiger partial charge in [0.2, 0.25) is 0 Å². The van der Waals surface area contributed by atoms with Gasteiger partial charge in [-0.2, -0.15) is 5.10 Å². The van der Waals surface area contributed by atoms with Crippen LogP contribution >= 0.6 is 0 Å². The van der Waals surface area contributed by atoms with Crippen molar-refractivity contribution in [2.75, 3.05) is 0 Å². The third-order valence-corrected chi connectivity index (χ3v) is 2.31. The Morgan fingerprint density at radius 2 is 2.06 bits per heavy atom. The number of rotatable bonds is 2. The summed E-state index contributed by atoms with van der Waals surface area (Å²) in [6.45, 7) is -0.0516. The third kappa shape index (κ3) is 1.76. The molecule has 1 N–H and O–H groups in total. The Morgan fingerprint density at radius 3 is 2.65 bits per heavy atom. The van der Waals surface area contributed by atoms with Gasteiger partial charge in [-0.1, -0.05) is 24.1 Å². The topological polar surface area (TPSA) is 72.2 Å². The minimum Gasteiger partial charge on any atom is -0.476 e. The van der Waals surface area contributed by atoms with Crippen molar-refractivity contribution in [1.82, 2.24) is 9.78 Å². The van der Waals surface area contributed by atoms with Crippen LogP contribution in [0.1, 0.15) is 10.5 Å². The summed E-state index contributed by atoms with van der Waals surface area (Å²) >= 11 is 0. The summed E-state index contributed by atoms with van der Waals surface area (Å²) in [6, 6.07) is 6.42. The maximum atomic E-state index is 11.9. The molecular formula is C12H8N2O3. The Labute approximate surface area is 96.3 Å². The van der Waals surface area contributed by atoms with Gasteiger partial charge in [0, 0.05) is 5.39 Å². The normalized spacial score (nSPS) is 10.1. The Hall–Kier alpha value is -2.61. The molecule has 0 aliphatic rings. The number of benzene rings is 1. The van der Waals surface area contributed by atoms with Crippen LogP contribution in [-0.4, -0.2) is 20.9 Å². The number of hydrogen-bond acceptors (Lipinski definition) is 3. The van der Waals surface area contributed by atoms with Gasteiger partial charge in [-0.15, -0.1) is 6.42 Å². The first-order valence-electron chi connectivity index (χ1n) is 4.81. The van der Waals surface area contributed by atoms with Gasteiger partial charge < -0.3 is 5.11 Å². The van der Waals surface area contributed by atoms with Crippen LogP contribution in [0.25, 0.3) is 10.8 Å². The minimum atomic E-state index is -1.19. The number of aromatic nitrogens is 2. The van der Waals surface area contributed by atoms with Gasteiger partial charge in [0.15, 0.2) is 5.69 Å². The average Bonchev–Trinajstić information content (AvgIpc) is 2.32. The van der Waals surface area contributed by atoms with Gasteiger partial charge in [-0.25, -0.2) is 9.48 Å². The van der Waals surface area contributed by atoms with Crippen molar-refractivity contribution in [2.24, 2.45) is 0 Å². The van der Waals surface area contributed by atoms with Crippen LogP contribution in [0.5, 0.6) is 0 Å². The van der Waals surface area contributed by atoms with Crippen LogP contribution in [0.15, 0.2) is 29.1 Å². The van der Waals surface area contributed by atoms with Crippen molar-refractivity contribution in [1.29, 1.82) is 0 Å². The van der Waals surface area contributed by atoms with E-state index in [1.54, 1.807) is 24.3 Å². The van der Waals surface area contributed by atoms with Gasteiger partial charge >= 0.3 is 5.97 Å². The van der Waals surface area contributed by atoms with Gasteiger partial charge in [0.1, 0.15) is 6.54 Å². The van der Waals surface area contributed by atoms with E-state index in [1.807, 2.05) is 0 Å². The van der Waals surface area contributed by atoms with Crippen LogP contribution in [0.3, 0.4) is 0 Å². The number of fused-ring (bicyclic) bond motifs is 1. The number of terminal acetylenes is 1. The van der Waals surface area contributed by atoms with Gasteiger partial charge in [0.25, 0.3) is 5.56 Å². The zero-order chi connectivity index (χ0) is 12.4. The molecule has 84 valence electrons. The Balaban J connectivity index is 2.91. The fourth-order valence-electron chi connectivity index (χ4n) is 1.59. The summed E-state index contributed by atoms with van der Waals surface area (Å²) in [7, 11) is 0. The van der Waals surface area contributed by atoms with Crippen molar-refractivity contribution in [3.63, 3.8) is 0 Å². The van der Waals surface area contributed by atoms with E-state index in [4.69, 9.17) is 11.5 Å². The molecule has 0 atom stereocenters. The number of hydrogen-bond donors (Lipinski definition) is 1. The van der Waals surface area contributed by atoms with Crippen molar-refractivity contribution in [2.45, 2.75) is 6.54 Å². The van der Waals surface area contributed by atoms with Crippen molar-refractivity contribution < 1.29 is 9.90 Å². The number of nitrogens with zero attached hydrogens (tertiary/aromatic N) is 2. The number of aromatic carboxylic acids is 1. The second kappa shape index (κ2) is 4.10. The first-order chi connectivity index (χ1) is 8.15. The predicted molar refractivity (Wildman–Crippen MR) is 61.8 cm³/mol. The monoisotopic (exact) mass is 228 g/mol. The molecule has 2 rings (SSSR count). The van der Waals surface area contributed by atoms with E-state index in [1.165, 1.54) is 0 Å². The molecule has 2 aromatic rings. The summed E-state index contributed by atoms with van der Waals surface area (Å²) in [6.07, 6.45) is 5.10. The standard InChI is InChI=1S/C12H8N2O3/c1-2-7-14-11(15)9-6-4-3-5-8(9)10(13-14)12(16)17/h1,3-6H,7H2,(H,16,17). The maximum Gasteiger partial charge on any atom is 0.357 e. The fraction of sp³-hybridized carbons (Fsp3) is 0.0833. The van der Waals surface area contributed by atoms with Crippen LogP contribution in [0.2, 0.25) is 0 Å². The maximum absolute atomic E-state index is 11.9. The van der Waals surface area contributed by atoms with E-state index in [2.05, 4.69) is 11.0 Å². The first kappa shape index (κ1) is 10.9. The molecule has 0 bridgehead atoms. The minimum absolute atomic E-state index is 0.0516. The summed E-state index contributed by atoms with van der Waals surface area (Å²) in [5.74, 6) is 1.08. The van der Waals surface area contributed by atoms with E-state index < -0.39 is 5.97 Å². The highest BCUT2D eigenvalue weighted by molar-refractivity contribution is 6.01. The lowest BCUT2D eigenvalue weighted by Crippen LogP contribution is -2.25. The SMILES string of the molecule is C#CCn1nc(C(=O)O)c2ccccc2c1=O. The molecule has 5 nitrogen and oxygen atoms in total. The summed E-state index contributed by atoms with van der Waals surface area (Å²) < 4.78 is 0.978. The molecule has 0 unspecified atom stereocenters. The second-order valence-corrected chi connectivity index (χ2v) is 3.37. The quantitative estimate of drug-likeness (QED) is 0.769. The molecule has 17 heavy (non-hydrogen) atoms.